The van der Waals surface area contributed by atoms with E-state index in [2.05, 4.69) is 10.5 Å². The van der Waals surface area contributed by atoms with Crippen molar-refractivity contribution in [3.05, 3.63) is 29.8 Å². The second-order valence-corrected chi connectivity index (χ2v) is 2.62. The van der Waals surface area contributed by atoms with Crippen LogP contribution in [0.4, 0.5) is 5.69 Å². The van der Waals surface area contributed by atoms with E-state index in [9.17, 15) is 9.59 Å². The maximum Gasteiger partial charge on any atom is 0.335 e. The molecule has 0 aliphatic carbocycles. The summed E-state index contributed by atoms with van der Waals surface area (Å²) < 4.78 is 0. The average Bonchev–Trinajstić information content (AvgIpc) is 2.18. The van der Waals surface area contributed by atoms with Crippen molar-refractivity contribution in [1.82, 2.24) is 0 Å². The van der Waals surface area contributed by atoms with Gasteiger partial charge in [-0.25, -0.2) is 4.79 Å². The smallest absolute Gasteiger partial charge is 0.335 e. The number of carbonyl (C=O) groups is 2. The van der Waals surface area contributed by atoms with Gasteiger partial charge >= 0.3 is 5.97 Å². The SMILES string of the molecule is O=C(C=NO)Nc1ccc(C(=O)O)cc1. The molecule has 1 rings (SSSR count). The number of hydrogen-bond donors (Lipinski definition) is 3. The van der Waals surface area contributed by atoms with Crippen molar-refractivity contribution in [2.45, 2.75) is 0 Å². The summed E-state index contributed by atoms with van der Waals surface area (Å²) in [5.74, 6) is -1.63. The summed E-state index contributed by atoms with van der Waals surface area (Å²) in [5, 5.41) is 21.6. The van der Waals surface area contributed by atoms with Crippen LogP contribution in [0.3, 0.4) is 0 Å². The lowest BCUT2D eigenvalue weighted by molar-refractivity contribution is -0.110. The van der Waals surface area contributed by atoms with Gasteiger partial charge in [-0.2, -0.15) is 0 Å². The summed E-state index contributed by atoms with van der Waals surface area (Å²) in [6.45, 7) is 0. The van der Waals surface area contributed by atoms with Gasteiger partial charge in [-0.1, -0.05) is 5.16 Å². The number of hydrogen-bond acceptors (Lipinski definition) is 4. The first-order valence-corrected chi connectivity index (χ1v) is 3.95. The minimum atomic E-state index is -1.04. The molecule has 0 saturated carbocycles. The third-order valence-corrected chi connectivity index (χ3v) is 1.57. The molecule has 0 saturated heterocycles. The maximum atomic E-state index is 10.9. The number of carboxylic acids is 1. The Bertz CT molecular complexity index is 397. The van der Waals surface area contributed by atoms with Crippen LogP contribution in [0.15, 0.2) is 29.4 Å². The number of nitrogens with one attached hydrogen (secondary N) is 1. The van der Waals surface area contributed by atoms with Crippen molar-refractivity contribution in [3.63, 3.8) is 0 Å². The highest BCUT2D eigenvalue weighted by molar-refractivity contribution is 6.31. The molecule has 1 aromatic rings. The van der Waals surface area contributed by atoms with Crippen LogP contribution in [0.5, 0.6) is 0 Å². The van der Waals surface area contributed by atoms with Crippen LogP contribution in [0.1, 0.15) is 10.4 Å². The van der Waals surface area contributed by atoms with Gasteiger partial charge in [0, 0.05) is 5.69 Å². The Kier molecular flexibility index (Phi) is 3.39. The van der Waals surface area contributed by atoms with Crippen molar-refractivity contribution in [2.24, 2.45) is 5.16 Å². The molecule has 0 spiro atoms. The second-order valence-electron chi connectivity index (χ2n) is 2.62. The van der Waals surface area contributed by atoms with Crippen molar-refractivity contribution < 1.29 is 19.9 Å². The molecule has 0 fully saturated rings. The van der Waals surface area contributed by atoms with Crippen LogP contribution in [-0.2, 0) is 4.79 Å². The summed E-state index contributed by atoms with van der Waals surface area (Å²) in [4.78, 5) is 21.4. The Labute approximate surface area is 84.8 Å². The van der Waals surface area contributed by atoms with Crippen LogP contribution in [0.2, 0.25) is 0 Å². The Balaban J connectivity index is 2.72. The average molecular weight is 208 g/mol. The largest absolute Gasteiger partial charge is 0.478 e. The predicted molar refractivity (Wildman–Crippen MR) is 52.3 cm³/mol. The number of rotatable bonds is 3. The van der Waals surface area contributed by atoms with E-state index in [1.165, 1.54) is 24.3 Å². The fourth-order valence-corrected chi connectivity index (χ4v) is 0.923. The lowest BCUT2D eigenvalue weighted by Crippen LogP contribution is -2.12. The molecule has 1 amide bonds. The summed E-state index contributed by atoms with van der Waals surface area (Å²) in [7, 11) is 0. The Morgan fingerprint density at radius 1 is 1.27 bits per heavy atom. The molecule has 1 aromatic carbocycles. The first kappa shape index (κ1) is 10.7. The van der Waals surface area contributed by atoms with Crippen molar-refractivity contribution in [2.75, 3.05) is 5.32 Å². The Hall–Kier alpha value is -2.37. The fraction of sp³-hybridized carbons (Fsp3) is 0. The van der Waals surface area contributed by atoms with Gasteiger partial charge in [0.05, 0.1) is 5.56 Å². The second kappa shape index (κ2) is 4.75. The summed E-state index contributed by atoms with van der Waals surface area (Å²) in [6, 6.07) is 5.58. The molecule has 0 aliphatic rings. The number of nitrogens with zero attached hydrogens (tertiary/aromatic N) is 1. The molecule has 15 heavy (non-hydrogen) atoms. The van der Waals surface area contributed by atoms with Gasteiger partial charge in [-0.3, -0.25) is 4.79 Å². The van der Waals surface area contributed by atoms with E-state index in [0.29, 0.717) is 11.9 Å². The van der Waals surface area contributed by atoms with E-state index < -0.39 is 11.9 Å². The maximum absolute atomic E-state index is 10.9. The zero-order valence-corrected chi connectivity index (χ0v) is 7.54. The van der Waals surface area contributed by atoms with Gasteiger partial charge in [0.15, 0.2) is 0 Å². The Morgan fingerprint density at radius 3 is 2.33 bits per heavy atom. The normalized spacial score (nSPS) is 10.1. The van der Waals surface area contributed by atoms with Gasteiger partial charge in [0.25, 0.3) is 5.91 Å². The lowest BCUT2D eigenvalue weighted by Gasteiger charge is -2.01. The molecule has 0 unspecified atom stereocenters. The molecular formula is C9H8N2O4. The van der Waals surface area contributed by atoms with Crippen molar-refractivity contribution in [1.29, 1.82) is 0 Å². The van der Waals surface area contributed by atoms with E-state index in [0.717, 1.165) is 0 Å². The van der Waals surface area contributed by atoms with E-state index in [1.54, 1.807) is 0 Å². The molecule has 6 heteroatoms. The highest BCUT2D eigenvalue weighted by Gasteiger charge is 2.02. The van der Waals surface area contributed by atoms with Crippen LogP contribution in [0, 0.1) is 0 Å². The van der Waals surface area contributed by atoms with Crippen LogP contribution < -0.4 is 5.32 Å². The summed E-state index contributed by atoms with van der Waals surface area (Å²) in [5.41, 5.74) is 0.550. The van der Waals surface area contributed by atoms with Crippen LogP contribution >= 0.6 is 0 Å². The standard InChI is InChI=1S/C9H8N2O4/c12-8(5-10-15)11-7-3-1-6(2-4-7)9(13)14/h1-5,15H,(H,11,12)(H,13,14). The molecule has 3 N–H and O–H groups in total. The predicted octanol–water partition coefficient (Wildman–Crippen LogP) is 0.783. The van der Waals surface area contributed by atoms with Gasteiger partial charge in [0.1, 0.15) is 6.21 Å². The number of amides is 1. The topological polar surface area (TPSA) is 99.0 Å². The number of aromatic carboxylic acids is 1. The van der Waals surface area contributed by atoms with E-state index in [1.807, 2.05) is 0 Å². The Morgan fingerprint density at radius 2 is 1.87 bits per heavy atom. The third kappa shape index (κ3) is 3.11. The molecule has 0 aromatic heterocycles. The van der Waals surface area contributed by atoms with Crippen LogP contribution in [-0.4, -0.2) is 28.4 Å². The zero-order chi connectivity index (χ0) is 11.3. The highest BCUT2D eigenvalue weighted by atomic mass is 16.4. The highest BCUT2D eigenvalue weighted by Crippen LogP contribution is 2.08. The van der Waals surface area contributed by atoms with Crippen molar-refractivity contribution in [3.8, 4) is 0 Å². The van der Waals surface area contributed by atoms with Gasteiger partial charge in [-0.05, 0) is 24.3 Å². The first-order valence-electron chi connectivity index (χ1n) is 3.95. The molecule has 0 heterocycles. The molecule has 0 atom stereocenters. The summed E-state index contributed by atoms with van der Waals surface area (Å²) in [6.07, 6.45) is 0.700. The van der Waals surface area contributed by atoms with E-state index in [4.69, 9.17) is 10.3 Å². The zero-order valence-electron chi connectivity index (χ0n) is 7.54. The molecular weight excluding hydrogens is 200 g/mol. The number of carboxylic acid groups (broad SMARTS) is 1. The van der Waals surface area contributed by atoms with Crippen molar-refractivity contribution >= 4 is 23.8 Å². The summed E-state index contributed by atoms with van der Waals surface area (Å²) >= 11 is 0. The van der Waals surface area contributed by atoms with Gasteiger partial charge in [-0.15, -0.1) is 0 Å². The van der Waals surface area contributed by atoms with E-state index in [-0.39, 0.29) is 5.56 Å². The van der Waals surface area contributed by atoms with Crippen LogP contribution in [0.25, 0.3) is 0 Å². The minimum absolute atomic E-state index is 0.129. The molecule has 0 bridgehead atoms. The van der Waals surface area contributed by atoms with Gasteiger partial charge < -0.3 is 15.6 Å². The number of carbonyl (C=O) groups excluding carboxylic acids is 1. The molecule has 78 valence electrons. The number of oxime groups is 1. The van der Waals surface area contributed by atoms with Gasteiger partial charge in [0.2, 0.25) is 0 Å². The number of benzene rings is 1. The lowest BCUT2D eigenvalue weighted by atomic mass is 10.2. The molecule has 0 aliphatic heterocycles. The third-order valence-electron chi connectivity index (χ3n) is 1.57. The van der Waals surface area contributed by atoms with E-state index >= 15 is 0 Å². The fourth-order valence-electron chi connectivity index (χ4n) is 0.923. The molecule has 6 nitrogen and oxygen atoms in total. The minimum Gasteiger partial charge on any atom is -0.478 e. The molecule has 0 radical (unpaired) electrons. The quantitative estimate of drug-likeness (QED) is 0.388. The number of anilines is 1. The monoisotopic (exact) mass is 208 g/mol. The first-order chi connectivity index (χ1) is 7.13.